The van der Waals surface area contributed by atoms with Crippen LogP contribution in [0.3, 0.4) is 0 Å². The molecule has 0 bridgehead atoms. The Labute approximate surface area is 43.7 Å². The van der Waals surface area contributed by atoms with Crippen molar-refractivity contribution in [3.8, 4) is 5.88 Å². The average Bonchev–Trinajstić information content (AvgIpc) is 1.85. The van der Waals surface area contributed by atoms with Crippen molar-refractivity contribution in [3.63, 3.8) is 0 Å². The molecule has 0 amide bonds. The summed E-state index contributed by atoms with van der Waals surface area (Å²) in [5.41, 5.74) is 4.89. The molecular formula is C3H4N2O3. The lowest BCUT2D eigenvalue weighted by atomic mass is 10.8. The van der Waals surface area contributed by atoms with E-state index in [0.717, 1.165) is 0 Å². The van der Waals surface area contributed by atoms with Gasteiger partial charge in [0, 0.05) is 0 Å². The zero-order valence-electron chi connectivity index (χ0n) is 3.84. The first-order chi connectivity index (χ1) is 3.70. The third kappa shape index (κ3) is 0.534. The molecule has 0 spiro atoms. The molecule has 0 aliphatic rings. The standard InChI is InChI=1S/C3H4N2O3/c4-1-2(6)5-3(7)8-1/h6H,4H2,(H,5,7). The topological polar surface area (TPSA) is 92.2 Å². The van der Waals surface area contributed by atoms with Gasteiger partial charge in [0.05, 0.1) is 0 Å². The van der Waals surface area contributed by atoms with Gasteiger partial charge < -0.3 is 15.3 Å². The van der Waals surface area contributed by atoms with Gasteiger partial charge in [-0.25, -0.2) is 4.79 Å². The van der Waals surface area contributed by atoms with Crippen molar-refractivity contribution in [1.29, 1.82) is 0 Å². The normalized spacial score (nSPS) is 9.50. The maximum atomic E-state index is 10.0. The minimum Gasteiger partial charge on any atom is -0.491 e. The quantitative estimate of drug-likeness (QED) is 0.416. The zero-order chi connectivity index (χ0) is 6.15. The average molecular weight is 116 g/mol. The highest BCUT2D eigenvalue weighted by Gasteiger charge is 1.99. The van der Waals surface area contributed by atoms with Gasteiger partial charge in [0.15, 0.2) is 0 Å². The molecular weight excluding hydrogens is 112 g/mol. The molecule has 0 radical (unpaired) electrons. The summed E-state index contributed by atoms with van der Waals surface area (Å²) in [5.74, 6) is -1.45. The van der Waals surface area contributed by atoms with E-state index in [4.69, 9.17) is 10.8 Å². The van der Waals surface area contributed by atoms with Crippen LogP contribution in [0, 0.1) is 0 Å². The summed E-state index contributed by atoms with van der Waals surface area (Å²) in [6.07, 6.45) is 0. The van der Waals surface area contributed by atoms with E-state index in [0.29, 0.717) is 0 Å². The van der Waals surface area contributed by atoms with Crippen LogP contribution in [-0.4, -0.2) is 10.1 Å². The van der Waals surface area contributed by atoms with Crippen LogP contribution in [0.4, 0.5) is 5.88 Å². The second-order valence-electron chi connectivity index (χ2n) is 1.23. The minimum atomic E-state index is -0.750. The van der Waals surface area contributed by atoms with E-state index < -0.39 is 11.6 Å². The summed E-state index contributed by atoms with van der Waals surface area (Å²) in [6, 6.07) is 0. The van der Waals surface area contributed by atoms with E-state index in [-0.39, 0.29) is 5.88 Å². The number of nitrogens with one attached hydrogen (secondary N) is 1. The van der Waals surface area contributed by atoms with Gasteiger partial charge in [0.1, 0.15) is 0 Å². The van der Waals surface area contributed by atoms with Crippen LogP contribution in [0.2, 0.25) is 0 Å². The number of hydrogen-bond acceptors (Lipinski definition) is 4. The highest BCUT2D eigenvalue weighted by molar-refractivity contribution is 5.33. The summed E-state index contributed by atoms with van der Waals surface area (Å²) in [4.78, 5) is 12.0. The fourth-order valence-electron chi connectivity index (χ4n) is 0.332. The molecule has 1 aromatic rings. The number of rotatable bonds is 0. The van der Waals surface area contributed by atoms with Crippen LogP contribution in [0.5, 0.6) is 5.88 Å². The van der Waals surface area contributed by atoms with Gasteiger partial charge in [-0.05, 0) is 0 Å². The lowest BCUT2D eigenvalue weighted by molar-refractivity contribution is 0.454. The largest absolute Gasteiger partial charge is 0.491 e. The number of aromatic amines is 1. The molecule has 1 heterocycles. The molecule has 0 aliphatic carbocycles. The number of anilines is 1. The Balaban J connectivity index is 3.35. The smallest absolute Gasteiger partial charge is 0.421 e. The number of aromatic nitrogens is 1. The van der Waals surface area contributed by atoms with E-state index >= 15 is 0 Å². The summed E-state index contributed by atoms with van der Waals surface area (Å²) in [7, 11) is 0. The Hall–Kier alpha value is -1.39. The van der Waals surface area contributed by atoms with E-state index in [2.05, 4.69) is 4.42 Å². The van der Waals surface area contributed by atoms with Gasteiger partial charge in [-0.15, -0.1) is 0 Å². The Morgan fingerprint density at radius 2 is 2.38 bits per heavy atom. The lowest BCUT2D eigenvalue weighted by Gasteiger charge is -1.77. The molecule has 4 N–H and O–H groups in total. The summed E-state index contributed by atoms with van der Waals surface area (Å²) in [5, 5.41) is 8.47. The van der Waals surface area contributed by atoms with Crippen LogP contribution in [0.25, 0.3) is 0 Å². The van der Waals surface area contributed by atoms with E-state index in [1.54, 1.807) is 0 Å². The van der Waals surface area contributed by atoms with Gasteiger partial charge in [-0.2, -0.15) is 0 Å². The van der Waals surface area contributed by atoms with Gasteiger partial charge in [0.2, 0.25) is 0 Å². The molecule has 44 valence electrons. The Morgan fingerprint density at radius 3 is 2.50 bits per heavy atom. The van der Waals surface area contributed by atoms with Crippen molar-refractivity contribution in [2.45, 2.75) is 0 Å². The molecule has 0 atom stereocenters. The van der Waals surface area contributed by atoms with Gasteiger partial charge in [-0.3, -0.25) is 4.98 Å². The Bertz CT molecular complexity index is 212. The summed E-state index contributed by atoms with van der Waals surface area (Å²) < 4.78 is 4.13. The fourth-order valence-corrected chi connectivity index (χ4v) is 0.332. The van der Waals surface area contributed by atoms with E-state index in [9.17, 15) is 4.79 Å². The molecule has 5 nitrogen and oxygen atoms in total. The molecule has 0 fully saturated rings. The van der Waals surface area contributed by atoms with Gasteiger partial charge >= 0.3 is 5.76 Å². The van der Waals surface area contributed by atoms with Crippen molar-refractivity contribution in [2.24, 2.45) is 0 Å². The SMILES string of the molecule is Nc1oc(=O)[nH]c1O. The predicted molar refractivity (Wildman–Crippen MR) is 25.4 cm³/mol. The number of nitrogens with two attached hydrogens (primary N) is 1. The van der Waals surface area contributed by atoms with Crippen molar-refractivity contribution >= 4 is 5.88 Å². The zero-order valence-corrected chi connectivity index (χ0v) is 3.84. The van der Waals surface area contributed by atoms with Crippen molar-refractivity contribution in [3.05, 3.63) is 10.6 Å². The fraction of sp³-hybridized carbons (Fsp3) is 0. The predicted octanol–water partition coefficient (Wildman–Crippen LogP) is -0.744. The molecule has 1 aromatic heterocycles. The Morgan fingerprint density at radius 1 is 1.75 bits per heavy atom. The molecule has 8 heavy (non-hydrogen) atoms. The monoisotopic (exact) mass is 116 g/mol. The van der Waals surface area contributed by atoms with Gasteiger partial charge in [-0.1, -0.05) is 0 Å². The number of aromatic hydroxyl groups is 1. The maximum Gasteiger partial charge on any atom is 0.421 e. The lowest BCUT2D eigenvalue weighted by Crippen LogP contribution is -1.93. The number of oxazole rings is 1. The van der Waals surface area contributed by atoms with Crippen LogP contribution < -0.4 is 11.5 Å². The van der Waals surface area contributed by atoms with Crippen molar-refractivity contribution < 1.29 is 9.52 Å². The minimum absolute atomic E-state index is 0.282. The Kier molecular flexibility index (Phi) is 0.768. The third-order valence-electron chi connectivity index (χ3n) is 0.657. The second-order valence-corrected chi connectivity index (χ2v) is 1.23. The van der Waals surface area contributed by atoms with Crippen LogP contribution >= 0.6 is 0 Å². The summed E-state index contributed by atoms with van der Waals surface area (Å²) in [6.45, 7) is 0. The number of hydrogen-bond donors (Lipinski definition) is 3. The van der Waals surface area contributed by atoms with Crippen molar-refractivity contribution in [1.82, 2.24) is 4.98 Å². The van der Waals surface area contributed by atoms with Crippen LogP contribution in [0.1, 0.15) is 0 Å². The summed E-state index contributed by atoms with van der Waals surface area (Å²) >= 11 is 0. The van der Waals surface area contributed by atoms with Gasteiger partial charge in [0.25, 0.3) is 11.8 Å². The highest BCUT2D eigenvalue weighted by Crippen LogP contribution is 2.10. The van der Waals surface area contributed by atoms with E-state index in [1.807, 2.05) is 4.98 Å². The van der Waals surface area contributed by atoms with Crippen LogP contribution in [-0.2, 0) is 0 Å². The molecule has 0 aromatic carbocycles. The molecule has 0 saturated carbocycles. The van der Waals surface area contributed by atoms with Crippen LogP contribution in [0.15, 0.2) is 9.21 Å². The molecule has 0 unspecified atom stereocenters. The first-order valence-corrected chi connectivity index (χ1v) is 1.87. The number of H-pyrrole nitrogens is 1. The molecule has 5 heteroatoms. The number of nitrogen functional groups attached to an aromatic ring is 1. The highest BCUT2D eigenvalue weighted by atomic mass is 16.4. The third-order valence-corrected chi connectivity index (χ3v) is 0.657. The van der Waals surface area contributed by atoms with Crippen molar-refractivity contribution in [2.75, 3.05) is 5.73 Å². The van der Waals surface area contributed by atoms with E-state index in [1.165, 1.54) is 0 Å². The molecule has 0 saturated heterocycles. The molecule has 1 rings (SSSR count). The first kappa shape index (κ1) is 4.76. The second kappa shape index (κ2) is 1.29. The molecule has 0 aliphatic heterocycles. The first-order valence-electron chi connectivity index (χ1n) is 1.87. The maximum absolute atomic E-state index is 10.0.